The molecule has 0 fully saturated rings. The van der Waals surface area contributed by atoms with Crippen molar-refractivity contribution in [3.63, 3.8) is 0 Å². The Morgan fingerprint density at radius 1 is 1.26 bits per heavy atom. The molecule has 0 aliphatic carbocycles. The first kappa shape index (κ1) is 16.1. The number of benzene rings is 1. The van der Waals surface area contributed by atoms with Crippen LogP contribution in [0.3, 0.4) is 0 Å². The molecule has 1 rings (SSSR count). The van der Waals surface area contributed by atoms with Crippen LogP contribution >= 0.6 is 0 Å². The van der Waals surface area contributed by atoms with Crippen molar-refractivity contribution in [2.75, 3.05) is 13.2 Å². The molecule has 2 nitrogen and oxygen atoms in total. The van der Waals surface area contributed by atoms with Crippen LogP contribution in [0.15, 0.2) is 24.3 Å². The molecule has 1 aromatic rings. The highest BCUT2D eigenvalue weighted by atomic mass is 19.1. The van der Waals surface area contributed by atoms with Crippen LogP contribution in [-0.2, 0) is 11.2 Å². The molecule has 1 aromatic carbocycles. The van der Waals surface area contributed by atoms with Gasteiger partial charge in [0.2, 0.25) is 0 Å². The van der Waals surface area contributed by atoms with Gasteiger partial charge in [0.05, 0.1) is 5.60 Å². The number of ether oxygens (including phenoxy) is 1. The van der Waals surface area contributed by atoms with Gasteiger partial charge in [-0.15, -0.1) is 0 Å². The molecular formula is C16H26FNO. The van der Waals surface area contributed by atoms with Gasteiger partial charge in [-0.2, -0.15) is 0 Å². The fourth-order valence-electron chi connectivity index (χ4n) is 2.24. The van der Waals surface area contributed by atoms with Crippen LogP contribution in [-0.4, -0.2) is 24.8 Å². The van der Waals surface area contributed by atoms with Crippen molar-refractivity contribution in [2.24, 2.45) is 0 Å². The maximum absolute atomic E-state index is 13.8. The summed E-state index contributed by atoms with van der Waals surface area (Å²) in [5.41, 5.74) is 0.426. The minimum atomic E-state index is -0.313. The monoisotopic (exact) mass is 267 g/mol. The molecule has 0 heterocycles. The van der Waals surface area contributed by atoms with Gasteiger partial charge in [-0.05, 0) is 51.8 Å². The molecule has 108 valence electrons. The van der Waals surface area contributed by atoms with Crippen LogP contribution in [0, 0.1) is 5.82 Å². The fourth-order valence-corrected chi connectivity index (χ4v) is 2.24. The van der Waals surface area contributed by atoms with Gasteiger partial charge in [0, 0.05) is 12.6 Å². The molecule has 0 saturated carbocycles. The Bertz CT molecular complexity index is 379. The van der Waals surface area contributed by atoms with E-state index in [2.05, 4.69) is 26.1 Å². The molecule has 0 saturated heterocycles. The SMILES string of the molecule is CCCNC(Cc1ccccc1F)C(C)(C)OCC. The molecule has 19 heavy (non-hydrogen) atoms. The predicted molar refractivity (Wildman–Crippen MR) is 77.9 cm³/mol. The summed E-state index contributed by atoms with van der Waals surface area (Å²) in [7, 11) is 0. The van der Waals surface area contributed by atoms with E-state index in [1.165, 1.54) is 6.07 Å². The summed E-state index contributed by atoms with van der Waals surface area (Å²) in [6.07, 6.45) is 1.69. The first-order valence-corrected chi connectivity index (χ1v) is 7.12. The van der Waals surface area contributed by atoms with Crippen molar-refractivity contribution < 1.29 is 9.13 Å². The molecule has 0 radical (unpaired) electrons. The Morgan fingerprint density at radius 2 is 1.95 bits per heavy atom. The van der Waals surface area contributed by atoms with E-state index < -0.39 is 0 Å². The first-order valence-electron chi connectivity index (χ1n) is 7.12. The summed E-state index contributed by atoms with van der Waals surface area (Å²) in [6.45, 7) is 9.81. The molecule has 3 heteroatoms. The Kier molecular flexibility index (Phi) is 6.46. The van der Waals surface area contributed by atoms with Gasteiger partial charge >= 0.3 is 0 Å². The maximum Gasteiger partial charge on any atom is 0.126 e. The van der Waals surface area contributed by atoms with Crippen molar-refractivity contribution in [3.05, 3.63) is 35.6 Å². The minimum Gasteiger partial charge on any atom is -0.374 e. The lowest BCUT2D eigenvalue weighted by Crippen LogP contribution is -2.50. The largest absolute Gasteiger partial charge is 0.374 e. The summed E-state index contributed by atoms with van der Waals surface area (Å²) in [4.78, 5) is 0. The third-order valence-electron chi connectivity index (χ3n) is 3.38. The van der Waals surface area contributed by atoms with Crippen LogP contribution in [0.25, 0.3) is 0 Å². The van der Waals surface area contributed by atoms with E-state index in [0.29, 0.717) is 13.0 Å². The summed E-state index contributed by atoms with van der Waals surface area (Å²) < 4.78 is 19.6. The molecular weight excluding hydrogens is 241 g/mol. The molecule has 0 spiro atoms. The molecule has 0 aliphatic rings. The minimum absolute atomic E-state index is 0.101. The molecule has 0 amide bonds. The van der Waals surface area contributed by atoms with Crippen molar-refractivity contribution in [1.29, 1.82) is 0 Å². The zero-order chi connectivity index (χ0) is 14.3. The van der Waals surface area contributed by atoms with E-state index in [1.54, 1.807) is 6.07 Å². The Labute approximate surface area is 116 Å². The van der Waals surface area contributed by atoms with E-state index in [0.717, 1.165) is 18.5 Å². The highest BCUT2D eigenvalue weighted by Gasteiger charge is 2.30. The van der Waals surface area contributed by atoms with Crippen molar-refractivity contribution >= 4 is 0 Å². The predicted octanol–water partition coefficient (Wildman–Crippen LogP) is 3.55. The van der Waals surface area contributed by atoms with Gasteiger partial charge in [-0.1, -0.05) is 25.1 Å². The standard InChI is InChI=1S/C16H26FNO/c1-5-11-18-15(16(3,4)19-6-2)12-13-9-7-8-10-14(13)17/h7-10,15,18H,5-6,11-12H2,1-4H3. The zero-order valence-electron chi connectivity index (χ0n) is 12.5. The number of halogens is 1. The average molecular weight is 267 g/mol. The zero-order valence-corrected chi connectivity index (χ0v) is 12.5. The number of nitrogens with one attached hydrogen (secondary N) is 1. The second-order valence-corrected chi connectivity index (χ2v) is 5.34. The lowest BCUT2D eigenvalue weighted by atomic mass is 9.91. The van der Waals surface area contributed by atoms with E-state index in [1.807, 2.05) is 19.1 Å². The smallest absolute Gasteiger partial charge is 0.126 e. The summed E-state index contributed by atoms with van der Waals surface area (Å²) >= 11 is 0. The molecule has 0 bridgehead atoms. The summed E-state index contributed by atoms with van der Waals surface area (Å²) in [6, 6.07) is 7.06. The van der Waals surface area contributed by atoms with E-state index in [-0.39, 0.29) is 17.5 Å². The molecule has 0 aliphatic heterocycles. The lowest BCUT2D eigenvalue weighted by molar-refractivity contribution is -0.0381. The average Bonchev–Trinajstić information content (AvgIpc) is 2.36. The highest BCUT2D eigenvalue weighted by molar-refractivity contribution is 5.19. The van der Waals surface area contributed by atoms with Crippen molar-refractivity contribution in [2.45, 2.75) is 52.2 Å². The van der Waals surface area contributed by atoms with E-state index >= 15 is 0 Å². The second kappa shape index (κ2) is 7.61. The molecule has 1 atom stereocenters. The van der Waals surface area contributed by atoms with Crippen LogP contribution in [0.5, 0.6) is 0 Å². The maximum atomic E-state index is 13.8. The Balaban J connectivity index is 2.82. The Hall–Kier alpha value is -0.930. The normalized spacial score (nSPS) is 13.5. The van der Waals surface area contributed by atoms with Gasteiger partial charge in [0.25, 0.3) is 0 Å². The second-order valence-electron chi connectivity index (χ2n) is 5.34. The highest BCUT2D eigenvalue weighted by Crippen LogP contribution is 2.20. The third-order valence-corrected chi connectivity index (χ3v) is 3.38. The summed E-state index contributed by atoms with van der Waals surface area (Å²) in [5.74, 6) is -0.141. The van der Waals surface area contributed by atoms with Gasteiger partial charge in [-0.25, -0.2) is 4.39 Å². The van der Waals surface area contributed by atoms with Crippen LogP contribution in [0.2, 0.25) is 0 Å². The van der Waals surface area contributed by atoms with Gasteiger partial charge in [-0.3, -0.25) is 0 Å². The third kappa shape index (κ3) is 4.92. The van der Waals surface area contributed by atoms with Crippen LogP contribution in [0.1, 0.15) is 39.7 Å². The number of hydrogen-bond acceptors (Lipinski definition) is 2. The van der Waals surface area contributed by atoms with Crippen LogP contribution < -0.4 is 5.32 Å². The van der Waals surface area contributed by atoms with Gasteiger partial charge in [0.15, 0.2) is 0 Å². The van der Waals surface area contributed by atoms with E-state index in [9.17, 15) is 4.39 Å². The van der Waals surface area contributed by atoms with E-state index in [4.69, 9.17) is 4.74 Å². The lowest BCUT2D eigenvalue weighted by Gasteiger charge is -2.35. The van der Waals surface area contributed by atoms with Gasteiger partial charge < -0.3 is 10.1 Å². The first-order chi connectivity index (χ1) is 9.01. The number of hydrogen-bond donors (Lipinski definition) is 1. The molecule has 1 unspecified atom stereocenters. The van der Waals surface area contributed by atoms with Crippen LogP contribution in [0.4, 0.5) is 4.39 Å². The van der Waals surface area contributed by atoms with Gasteiger partial charge in [0.1, 0.15) is 5.82 Å². The Morgan fingerprint density at radius 3 is 2.53 bits per heavy atom. The molecule has 0 aromatic heterocycles. The van der Waals surface area contributed by atoms with Crippen molar-refractivity contribution in [1.82, 2.24) is 5.32 Å². The fraction of sp³-hybridized carbons (Fsp3) is 0.625. The number of rotatable bonds is 8. The summed E-state index contributed by atoms with van der Waals surface area (Å²) in [5, 5.41) is 3.48. The molecule has 1 N–H and O–H groups in total. The topological polar surface area (TPSA) is 21.3 Å². The van der Waals surface area contributed by atoms with Crippen molar-refractivity contribution in [3.8, 4) is 0 Å². The quantitative estimate of drug-likeness (QED) is 0.777.